The molecule has 0 amide bonds. The molecule has 0 bridgehead atoms. The van der Waals surface area contributed by atoms with Crippen LogP contribution < -0.4 is 14.8 Å². The van der Waals surface area contributed by atoms with Gasteiger partial charge in [-0.2, -0.15) is 5.26 Å². The lowest BCUT2D eigenvalue weighted by Gasteiger charge is -2.34. The highest BCUT2D eigenvalue weighted by Crippen LogP contribution is 2.39. The van der Waals surface area contributed by atoms with E-state index < -0.39 is 0 Å². The van der Waals surface area contributed by atoms with Crippen molar-refractivity contribution in [2.75, 3.05) is 40.4 Å². The molecule has 1 N–H and O–H groups in total. The van der Waals surface area contributed by atoms with Gasteiger partial charge < -0.3 is 14.8 Å². The van der Waals surface area contributed by atoms with Gasteiger partial charge in [0, 0.05) is 32.2 Å². The van der Waals surface area contributed by atoms with Gasteiger partial charge in [0.15, 0.2) is 0 Å². The van der Waals surface area contributed by atoms with Crippen LogP contribution in [0.2, 0.25) is 0 Å². The van der Waals surface area contributed by atoms with Crippen LogP contribution in [-0.4, -0.2) is 45.3 Å². The zero-order valence-corrected chi connectivity index (χ0v) is 16.4. The van der Waals surface area contributed by atoms with Gasteiger partial charge in [0.25, 0.3) is 0 Å². The summed E-state index contributed by atoms with van der Waals surface area (Å²) in [5.41, 5.74) is 1.05. The highest BCUT2D eigenvalue weighted by Gasteiger charge is 2.24. The van der Waals surface area contributed by atoms with E-state index in [-0.39, 0.29) is 30.9 Å². The number of hydrogen-bond donors (Lipinski definition) is 1. The molecular weight excluding hydrogens is 405 g/mol. The number of nitrogens with zero attached hydrogens (tertiary/aromatic N) is 2. The first-order chi connectivity index (χ1) is 10.2. The third kappa shape index (κ3) is 5.40. The first kappa shape index (κ1) is 22.3. The molecule has 1 atom stereocenters. The number of methoxy groups -OCH3 is 2. The van der Waals surface area contributed by atoms with Gasteiger partial charge in [0.05, 0.1) is 26.7 Å². The summed E-state index contributed by atoms with van der Waals surface area (Å²) >= 11 is 3.48. The molecule has 1 aromatic carbocycles. The van der Waals surface area contributed by atoms with Crippen LogP contribution in [0, 0.1) is 11.3 Å². The molecule has 8 heteroatoms. The van der Waals surface area contributed by atoms with Gasteiger partial charge >= 0.3 is 0 Å². The molecule has 0 aliphatic carbocycles. The van der Waals surface area contributed by atoms with Crippen LogP contribution in [0.4, 0.5) is 0 Å². The fourth-order valence-corrected chi connectivity index (χ4v) is 3.17. The van der Waals surface area contributed by atoms with Gasteiger partial charge in [0.1, 0.15) is 16.0 Å². The number of hydrogen-bond acceptors (Lipinski definition) is 5. The Labute approximate surface area is 158 Å². The van der Waals surface area contributed by atoms with E-state index in [1.807, 2.05) is 12.1 Å². The Morgan fingerprint density at radius 1 is 1.22 bits per heavy atom. The Kier molecular flexibility index (Phi) is 10.6. The lowest BCUT2D eigenvalue weighted by atomic mass is 10.0. The maximum atomic E-state index is 9.17. The van der Waals surface area contributed by atoms with Gasteiger partial charge in [-0.05, 0) is 33.6 Å². The summed E-state index contributed by atoms with van der Waals surface area (Å²) in [5, 5.41) is 12.5. The van der Waals surface area contributed by atoms with Crippen LogP contribution in [0.3, 0.4) is 0 Å². The molecule has 1 saturated heterocycles. The number of halogens is 3. The standard InChI is InChI=1S/C15H20BrN3O2.2ClH/c1-20-13-9-11(10-14(21-2)15(13)16)12(3-4-17)19-7-5-18-6-8-19;;/h9-10,12,18H,3,5-8H2,1-2H3;2*1H/t12-;;/m1../s1. The molecule has 23 heavy (non-hydrogen) atoms. The number of nitrogens with one attached hydrogen (secondary N) is 1. The number of benzene rings is 1. The predicted octanol–water partition coefficient (Wildman–Crippen LogP) is 3.17. The second kappa shape index (κ2) is 11.0. The minimum atomic E-state index is 0. The molecule has 1 aliphatic heterocycles. The Morgan fingerprint density at radius 3 is 2.17 bits per heavy atom. The van der Waals surface area contributed by atoms with E-state index in [9.17, 15) is 5.26 Å². The Hall–Kier alpha value is -0.710. The number of ether oxygens (including phenoxy) is 2. The van der Waals surface area contributed by atoms with Crippen LogP contribution >= 0.6 is 40.7 Å². The Bertz CT molecular complexity index is 509. The second-order valence-electron chi connectivity index (χ2n) is 4.90. The summed E-state index contributed by atoms with van der Waals surface area (Å²) in [4.78, 5) is 2.34. The third-order valence-corrected chi connectivity index (χ3v) is 4.51. The summed E-state index contributed by atoms with van der Waals surface area (Å²) in [6.45, 7) is 3.78. The third-order valence-electron chi connectivity index (χ3n) is 3.73. The van der Waals surface area contributed by atoms with Crippen LogP contribution in [0.1, 0.15) is 18.0 Å². The molecule has 2 rings (SSSR count). The van der Waals surface area contributed by atoms with Crippen molar-refractivity contribution in [2.45, 2.75) is 12.5 Å². The topological polar surface area (TPSA) is 57.5 Å². The quantitative estimate of drug-likeness (QED) is 0.783. The van der Waals surface area contributed by atoms with Crippen LogP contribution in [0.25, 0.3) is 0 Å². The highest BCUT2D eigenvalue weighted by molar-refractivity contribution is 9.10. The molecule has 130 valence electrons. The van der Waals surface area contributed by atoms with Crippen molar-refractivity contribution < 1.29 is 9.47 Å². The molecule has 1 aromatic rings. The zero-order chi connectivity index (χ0) is 15.2. The van der Waals surface area contributed by atoms with Crippen LogP contribution in [0.15, 0.2) is 16.6 Å². The van der Waals surface area contributed by atoms with Gasteiger partial charge in [-0.25, -0.2) is 0 Å². The molecule has 0 aromatic heterocycles. The molecular formula is C15H22BrCl2N3O2. The van der Waals surface area contributed by atoms with Crippen molar-refractivity contribution in [3.63, 3.8) is 0 Å². The molecule has 1 fully saturated rings. The lowest BCUT2D eigenvalue weighted by molar-refractivity contribution is 0.175. The maximum Gasteiger partial charge on any atom is 0.137 e. The van der Waals surface area contributed by atoms with Crippen molar-refractivity contribution in [3.05, 3.63) is 22.2 Å². The fourth-order valence-electron chi connectivity index (χ4n) is 2.62. The average molecular weight is 427 g/mol. The normalized spacial score (nSPS) is 15.6. The van der Waals surface area contributed by atoms with E-state index in [2.05, 4.69) is 32.2 Å². The molecule has 5 nitrogen and oxygen atoms in total. The van der Waals surface area contributed by atoms with Crippen molar-refractivity contribution in [1.29, 1.82) is 5.26 Å². The summed E-state index contributed by atoms with van der Waals surface area (Å²) in [6.07, 6.45) is 0.452. The van der Waals surface area contributed by atoms with Crippen LogP contribution in [-0.2, 0) is 0 Å². The molecule has 0 spiro atoms. The van der Waals surface area contributed by atoms with Gasteiger partial charge in [0.2, 0.25) is 0 Å². The highest BCUT2D eigenvalue weighted by atomic mass is 79.9. The van der Waals surface area contributed by atoms with Gasteiger partial charge in [-0.1, -0.05) is 0 Å². The van der Waals surface area contributed by atoms with Crippen molar-refractivity contribution in [2.24, 2.45) is 0 Å². The summed E-state index contributed by atoms with van der Waals surface area (Å²) in [6, 6.07) is 6.33. The van der Waals surface area contributed by atoms with E-state index in [0.29, 0.717) is 6.42 Å². The first-order valence-electron chi connectivity index (χ1n) is 6.94. The fraction of sp³-hybridized carbons (Fsp3) is 0.533. The number of nitriles is 1. The summed E-state index contributed by atoms with van der Waals surface area (Å²) < 4.78 is 11.6. The molecule has 1 aliphatic rings. The molecule has 0 radical (unpaired) electrons. The minimum Gasteiger partial charge on any atom is -0.495 e. The minimum absolute atomic E-state index is 0. The average Bonchev–Trinajstić information content (AvgIpc) is 2.54. The van der Waals surface area contributed by atoms with E-state index in [0.717, 1.165) is 47.7 Å². The molecule has 0 saturated carbocycles. The van der Waals surface area contributed by atoms with E-state index in [1.54, 1.807) is 14.2 Å². The number of piperazine rings is 1. The first-order valence-corrected chi connectivity index (χ1v) is 7.73. The van der Waals surface area contributed by atoms with Gasteiger partial charge in [-0.15, -0.1) is 24.8 Å². The number of rotatable bonds is 5. The van der Waals surface area contributed by atoms with E-state index in [4.69, 9.17) is 9.47 Å². The monoisotopic (exact) mass is 425 g/mol. The molecule has 1 heterocycles. The van der Waals surface area contributed by atoms with Crippen molar-refractivity contribution in [1.82, 2.24) is 10.2 Å². The second-order valence-corrected chi connectivity index (χ2v) is 5.70. The Morgan fingerprint density at radius 2 is 1.74 bits per heavy atom. The predicted molar refractivity (Wildman–Crippen MR) is 99.2 cm³/mol. The lowest BCUT2D eigenvalue weighted by Crippen LogP contribution is -2.45. The smallest absolute Gasteiger partial charge is 0.137 e. The van der Waals surface area contributed by atoms with Crippen molar-refractivity contribution in [3.8, 4) is 17.6 Å². The van der Waals surface area contributed by atoms with Crippen molar-refractivity contribution >= 4 is 40.7 Å². The largest absolute Gasteiger partial charge is 0.495 e. The Balaban J connectivity index is 0.00000242. The summed E-state index contributed by atoms with van der Waals surface area (Å²) in [5.74, 6) is 1.45. The summed E-state index contributed by atoms with van der Waals surface area (Å²) in [7, 11) is 3.26. The van der Waals surface area contributed by atoms with Crippen LogP contribution in [0.5, 0.6) is 11.5 Å². The maximum absolute atomic E-state index is 9.17. The zero-order valence-electron chi connectivity index (χ0n) is 13.2. The molecule has 0 unspecified atom stereocenters. The van der Waals surface area contributed by atoms with E-state index in [1.165, 1.54) is 0 Å². The van der Waals surface area contributed by atoms with E-state index >= 15 is 0 Å². The SMILES string of the molecule is COc1cc([C@@H](CC#N)N2CCNCC2)cc(OC)c1Br.Cl.Cl. The van der Waals surface area contributed by atoms with Gasteiger partial charge in [-0.3, -0.25) is 4.90 Å².